The number of fused-ring (bicyclic) bond motifs is 1. The van der Waals surface area contributed by atoms with E-state index in [4.69, 9.17) is 4.74 Å². The molecule has 0 spiro atoms. The average molecular weight is 461 g/mol. The molecule has 1 heterocycles. The Balaban J connectivity index is 2.13. The van der Waals surface area contributed by atoms with Crippen molar-refractivity contribution in [2.45, 2.75) is 51.2 Å². The van der Waals surface area contributed by atoms with E-state index in [1.807, 2.05) is 50.2 Å². The third-order valence-corrected chi connectivity index (χ3v) is 8.24. The highest BCUT2D eigenvalue weighted by molar-refractivity contribution is 7.89. The van der Waals surface area contributed by atoms with Crippen LogP contribution in [0.3, 0.4) is 0 Å². The van der Waals surface area contributed by atoms with Crippen LogP contribution in [0.1, 0.15) is 32.8 Å². The molecule has 1 aliphatic rings. The lowest BCUT2D eigenvalue weighted by atomic mass is 10.00. The maximum Gasteiger partial charge on any atom is 0.247 e. The van der Waals surface area contributed by atoms with E-state index in [1.165, 1.54) is 4.31 Å². The first-order valence-corrected chi connectivity index (χ1v) is 12.8. The largest absolute Gasteiger partial charge is 0.487 e. The Morgan fingerprint density at radius 1 is 1.25 bits per heavy atom. The number of aliphatic hydroxyl groups is 1. The Labute approximate surface area is 192 Å². The van der Waals surface area contributed by atoms with Gasteiger partial charge in [0.2, 0.25) is 10.0 Å². The standard InChI is InChI=1S/C25H36N2O4S/c1-6-13-26(5)16-24-19(3)15-27(20(4)17-28)32(29,30)25-12-11-21(14-23(25)31-24)22-10-8-7-9-18(22)2/h7-12,14,19-20,24,28H,6,13,15-17H2,1-5H3/t19-,20+,24-/m0/s1. The lowest BCUT2D eigenvalue weighted by Crippen LogP contribution is -2.49. The summed E-state index contributed by atoms with van der Waals surface area (Å²) in [6, 6.07) is 12.9. The maximum atomic E-state index is 13.6. The molecule has 2 aromatic carbocycles. The molecule has 32 heavy (non-hydrogen) atoms. The summed E-state index contributed by atoms with van der Waals surface area (Å²) in [5.41, 5.74) is 3.09. The van der Waals surface area contributed by atoms with Crippen LogP contribution in [0.5, 0.6) is 5.75 Å². The van der Waals surface area contributed by atoms with Crippen LogP contribution in [0, 0.1) is 12.8 Å². The van der Waals surface area contributed by atoms with Gasteiger partial charge in [0.1, 0.15) is 16.7 Å². The molecule has 0 radical (unpaired) electrons. The van der Waals surface area contributed by atoms with Crippen LogP contribution in [0.4, 0.5) is 0 Å². The number of rotatable bonds is 7. The average Bonchev–Trinajstić information content (AvgIpc) is 2.76. The van der Waals surface area contributed by atoms with Crippen molar-refractivity contribution in [3.8, 4) is 16.9 Å². The van der Waals surface area contributed by atoms with Crippen LogP contribution in [-0.4, -0.2) is 68.2 Å². The molecule has 0 aliphatic carbocycles. The van der Waals surface area contributed by atoms with Crippen LogP contribution in [0.2, 0.25) is 0 Å². The van der Waals surface area contributed by atoms with Crippen LogP contribution in [-0.2, 0) is 10.0 Å². The Morgan fingerprint density at radius 2 is 1.97 bits per heavy atom. The van der Waals surface area contributed by atoms with Crippen molar-refractivity contribution in [1.29, 1.82) is 0 Å². The highest BCUT2D eigenvalue weighted by atomic mass is 32.2. The molecule has 0 amide bonds. The van der Waals surface area contributed by atoms with Gasteiger partial charge in [-0.2, -0.15) is 4.31 Å². The molecule has 0 bridgehead atoms. The van der Waals surface area contributed by atoms with Gasteiger partial charge in [-0.15, -0.1) is 0 Å². The zero-order valence-electron chi connectivity index (χ0n) is 19.8. The number of aliphatic hydroxyl groups excluding tert-OH is 1. The molecule has 3 atom stereocenters. The fraction of sp³-hybridized carbons (Fsp3) is 0.520. The summed E-state index contributed by atoms with van der Waals surface area (Å²) in [6.07, 6.45) is 0.856. The monoisotopic (exact) mass is 460 g/mol. The normalized spacial score (nSPS) is 22.0. The molecule has 3 rings (SSSR count). The van der Waals surface area contributed by atoms with E-state index in [0.717, 1.165) is 29.7 Å². The number of benzene rings is 2. The lowest BCUT2D eigenvalue weighted by Gasteiger charge is -2.37. The van der Waals surface area contributed by atoms with Crippen molar-refractivity contribution in [2.75, 3.05) is 33.3 Å². The van der Waals surface area contributed by atoms with E-state index in [2.05, 4.69) is 18.9 Å². The minimum atomic E-state index is -3.82. The topological polar surface area (TPSA) is 70.1 Å². The zero-order valence-corrected chi connectivity index (χ0v) is 20.6. The second-order valence-electron chi connectivity index (χ2n) is 8.98. The SMILES string of the molecule is CCCN(C)C[C@@H]1Oc2cc(-c3ccccc3C)ccc2S(=O)(=O)N([C@H](C)CO)C[C@@H]1C. The molecule has 176 valence electrons. The summed E-state index contributed by atoms with van der Waals surface area (Å²) >= 11 is 0. The summed E-state index contributed by atoms with van der Waals surface area (Å²) in [7, 11) is -1.76. The zero-order chi connectivity index (χ0) is 23.5. The second-order valence-corrected chi connectivity index (χ2v) is 10.8. The molecule has 1 N–H and O–H groups in total. The Kier molecular flexibility index (Phi) is 7.98. The van der Waals surface area contributed by atoms with Crippen molar-refractivity contribution in [3.63, 3.8) is 0 Å². The number of ether oxygens (including phenoxy) is 1. The van der Waals surface area contributed by atoms with Gasteiger partial charge in [0.15, 0.2) is 0 Å². The third-order valence-electron chi connectivity index (χ3n) is 6.22. The predicted molar refractivity (Wildman–Crippen MR) is 128 cm³/mol. The molecule has 0 unspecified atom stereocenters. The summed E-state index contributed by atoms with van der Waals surface area (Å²) < 4.78 is 35.1. The minimum Gasteiger partial charge on any atom is -0.487 e. The number of likely N-dealkylation sites (N-methyl/N-ethyl adjacent to an activating group) is 1. The van der Waals surface area contributed by atoms with Gasteiger partial charge in [0, 0.05) is 25.0 Å². The summed E-state index contributed by atoms with van der Waals surface area (Å²) in [6.45, 7) is 9.65. The molecule has 0 aromatic heterocycles. The van der Waals surface area contributed by atoms with Crippen molar-refractivity contribution in [1.82, 2.24) is 9.21 Å². The molecular formula is C25H36N2O4S. The van der Waals surface area contributed by atoms with Crippen LogP contribution in [0.15, 0.2) is 47.4 Å². The number of nitrogens with zero attached hydrogens (tertiary/aromatic N) is 2. The summed E-state index contributed by atoms with van der Waals surface area (Å²) in [5.74, 6) is 0.329. The van der Waals surface area contributed by atoms with Crippen molar-refractivity contribution >= 4 is 10.0 Å². The van der Waals surface area contributed by atoms with Crippen molar-refractivity contribution < 1.29 is 18.3 Å². The first-order chi connectivity index (χ1) is 15.2. The number of hydrogen-bond donors (Lipinski definition) is 1. The van der Waals surface area contributed by atoms with Crippen molar-refractivity contribution in [2.24, 2.45) is 5.92 Å². The van der Waals surface area contributed by atoms with E-state index >= 15 is 0 Å². The summed E-state index contributed by atoms with van der Waals surface area (Å²) in [5, 5.41) is 9.77. The highest BCUT2D eigenvalue weighted by Gasteiger charge is 2.38. The van der Waals surface area contributed by atoms with E-state index in [-0.39, 0.29) is 23.5 Å². The van der Waals surface area contributed by atoms with Crippen LogP contribution in [0.25, 0.3) is 11.1 Å². The smallest absolute Gasteiger partial charge is 0.247 e. The molecule has 0 fully saturated rings. The molecule has 7 heteroatoms. The van der Waals surface area contributed by atoms with E-state index in [9.17, 15) is 13.5 Å². The maximum absolute atomic E-state index is 13.6. The first-order valence-electron chi connectivity index (χ1n) is 11.4. The number of hydrogen-bond acceptors (Lipinski definition) is 5. The van der Waals surface area contributed by atoms with Gasteiger partial charge in [-0.1, -0.05) is 44.2 Å². The fourth-order valence-electron chi connectivity index (χ4n) is 4.29. The molecule has 0 saturated carbocycles. The fourth-order valence-corrected chi connectivity index (χ4v) is 6.11. The van der Waals surface area contributed by atoms with Gasteiger partial charge < -0.3 is 14.7 Å². The molecule has 2 aromatic rings. The Bertz CT molecular complexity index is 1020. The van der Waals surface area contributed by atoms with Gasteiger partial charge in [-0.3, -0.25) is 0 Å². The van der Waals surface area contributed by atoms with E-state index in [0.29, 0.717) is 18.8 Å². The predicted octanol–water partition coefficient (Wildman–Crippen LogP) is 3.77. The quantitative estimate of drug-likeness (QED) is 0.681. The van der Waals surface area contributed by atoms with Gasteiger partial charge in [0.25, 0.3) is 0 Å². The van der Waals surface area contributed by atoms with Gasteiger partial charge in [-0.25, -0.2) is 8.42 Å². The molecular weight excluding hydrogens is 424 g/mol. The first kappa shape index (κ1) is 24.7. The number of sulfonamides is 1. The van der Waals surface area contributed by atoms with Gasteiger partial charge in [-0.05, 0) is 62.7 Å². The minimum absolute atomic E-state index is 0.0478. The molecule has 1 aliphatic heterocycles. The Hall–Kier alpha value is -1.93. The van der Waals surface area contributed by atoms with Crippen LogP contribution < -0.4 is 4.74 Å². The van der Waals surface area contributed by atoms with Crippen LogP contribution >= 0.6 is 0 Å². The molecule has 0 saturated heterocycles. The lowest BCUT2D eigenvalue weighted by molar-refractivity contribution is 0.0753. The van der Waals surface area contributed by atoms with E-state index < -0.39 is 16.1 Å². The Morgan fingerprint density at radius 3 is 2.62 bits per heavy atom. The highest BCUT2D eigenvalue weighted by Crippen LogP contribution is 2.37. The third kappa shape index (κ3) is 5.17. The van der Waals surface area contributed by atoms with Gasteiger partial charge in [0.05, 0.1) is 6.61 Å². The molecule has 6 nitrogen and oxygen atoms in total. The van der Waals surface area contributed by atoms with Gasteiger partial charge >= 0.3 is 0 Å². The second kappa shape index (κ2) is 10.3. The number of aryl methyl sites for hydroxylation is 1. The summed E-state index contributed by atoms with van der Waals surface area (Å²) in [4.78, 5) is 2.38. The van der Waals surface area contributed by atoms with E-state index in [1.54, 1.807) is 13.0 Å². The van der Waals surface area contributed by atoms with Crippen molar-refractivity contribution in [3.05, 3.63) is 48.0 Å².